The van der Waals surface area contributed by atoms with Gasteiger partial charge in [0.1, 0.15) is 0 Å². The van der Waals surface area contributed by atoms with Gasteiger partial charge in [0.15, 0.2) is 5.82 Å². The number of rotatable bonds is 4. The average molecular weight is 351 g/mol. The van der Waals surface area contributed by atoms with Crippen LogP contribution in [0.25, 0.3) is 5.82 Å². The van der Waals surface area contributed by atoms with E-state index in [1.165, 1.54) is 0 Å². The van der Waals surface area contributed by atoms with Gasteiger partial charge < -0.3 is 10.6 Å². The van der Waals surface area contributed by atoms with Crippen molar-refractivity contribution in [2.45, 2.75) is 37.5 Å². The van der Waals surface area contributed by atoms with Crippen molar-refractivity contribution in [2.75, 3.05) is 0 Å². The molecule has 0 radical (unpaired) electrons. The van der Waals surface area contributed by atoms with Crippen LogP contribution in [0.1, 0.15) is 24.8 Å². The highest BCUT2D eigenvalue weighted by atomic mass is 19.4. The zero-order chi connectivity index (χ0) is 17.7. The van der Waals surface area contributed by atoms with Crippen LogP contribution in [-0.4, -0.2) is 32.5 Å². The SMILES string of the molecule is O=C(NCc1ccnc(-n2cccn2)c1)NC12CC(C(F)(F)F)(C1)C2. The third kappa shape index (κ3) is 2.63. The molecule has 3 aliphatic carbocycles. The summed E-state index contributed by atoms with van der Waals surface area (Å²) in [5.74, 6) is 0.622. The molecule has 0 saturated heterocycles. The normalized spacial score (nSPS) is 27.2. The van der Waals surface area contributed by atoms with E-state index in [0.29, 0.717) is 5.82 Å². The van der Waals surface area contributed by atoms with Gasteiger partial charge in [-0.25, -0.2) is 14.5 Å². The van der Waals surface area contributed by atoms with Gasteiger partial charge >= 0.3 is 12.2 Å². The lowest BCUT2D eigenvalue weighted by atomic mass is 9.39. The van der Waals surface area contributed by atoms with Gasteiger partial charge in [-0.15, -0.1) is 0 Å². The number of hydrogen-bond donors (Lipinski definition) is 2. The largest absolute Gasteiger partial charge is 0.394 e. The van der Waals surface area contributed by atoms with Crippen LogP contribution < -0.4 is 10.6 Å². The summed E-state index contributed by atoms with van der Waals surface area (Å²) >= 11 is 0. The zero-order valence-corrected chi connectivity index (χ0v) is 13.2. The highest BCUT2D eigenvalue weighted by molar-refractivity contribution is 5.75. The van der Waals surface area contributed by atoms with E-state index < -0.39 is 23.2 Å². The molecule has 3 saturated carbocycles. The van der Waals surface area contributed by atoms with Crippen LogP contribution in [0.5, 0.6) is 0 Å². The molecule has 25 heavy (non-hydrogen) atoms. The molecule has 2 aromatic heterocycles. The Kier molecular flexibility index (Phi) is 3.32. The number of nitrogens with zero attached hydrogens (tertiary/aromatic N) is 3. The van der Waals surface area contributed by atoms with Crippen molar-refractivity contribution in [2.24, 2.45) is 5.41 Å². The molecule has 0 aliphatic heterocycles. The Morgan fingerprint density at radius 3 is 2.68 bits per heavy atom. The highest BCUT2D eigenvalue weighted by Crippen LogP contribution is 2.73. The molecule has 0 atom stereocenters. The van der Waals surface area contributed by atoms with Crippen molar-refractivity contribution >= 4 is 6.03 Å². The second kappa shape index (κ2) is 5.21. The molecular formula is C16H16F3N5O. The summed E-state index contributed by atoms with van der Waals surface area (Å²) < 4.78 is 40.0. The van der Waals surface area contributed by atoms with E-state index in [-0.39, 0.29) is 25.8 Å². The van der Waals surface area contributed by atoms with E-state index in [1.807, 2.05) is 0 Å². The van der Waals surface area contributed by atoms with E-state index in [2.05, 4.69) is 20.7 Å². The minimum Gasteiger partial charge on any atom is -0.334 e. The van der Waals surface area contributed by atoms with Crippen molar-refractivity contribution in [1.29, 1.82) is 0 Å². The lowest BCUT2D eigenvalue weighted by Gasteiger charge is -2.70. The number of nitrogens with one attached hydrogen (secondary N) is 2. The van der Waals surface area contributed by atoms with Gasteiger partial charge in [0.2, 0.25) is 0 Å². The summed E-state index contributed by atoms with van der Waals surface area (Å²) in [4.78, 5) is 16.2. The Balaban J connectivity index is 1.30. The Labute approximate surface area is 141 Å². The molecule has 132 valence electrons. The van der Waals surface area contributed by atoms with Crippen LogP contribution in [0.3, 0.4) is 0 Å². The van der Waals surface area contributed by atoms with Crippen LogP contribution in [0.4, 0.5) is 18.0 Å². The minimum atomic E-state index is -4.17. The van der Waals surface area contributed by atoms with Gasteiger partial charge in [-0.1, -0.05) is 0 Å². The van der Waals surface area contributed by atoms with Crippen LogP contribution in [0.2, 0.25) is 0 Å². The number of urea groups is 1. The number of amides is 2. The topological polar surface area (TPSA) is 71.8 Å². The smallest absolute Gasteiger partial charge is 0.334 e. The maximum Gasteiger partial charge on any atom is 0.394 e. The minimum absolute atomic E-state index is 0.0182. The van der Waals surface area contributed by atoms with Crippen LogP contribution in [0, 0.1) is 5.41 Å². The van der Waals surface area contributed by atoms with Gasteiger partial charge in [0, 0.05) is 30.7 Å². The van der Waals surface area contributed by atoms with Crippen molar-refractivity contribution in [3.8, 4) is 5.82 Å². The quantitative estimate of drug-likeness (QED) is 0.889. The fourth-order valence-corrected chi connectivity index (χ4v) is 3.79. The van der Waals surface area contributed by atoms with E-state index >= 15 is 0 Å². The second-order valence-electron chi connectivity index (χ2n) is 6.87. The molecular weight excluding hydrogens is 335 g/mol. The Morgan fingerprint density at radius 2 is 2.04 bits per heavy atom. The number of aromatic nitrogens is 3. The van der Waals surface area contributed by atoms with E-state index in [0.717, 1.165) is 5.56 Å². The molecule has 0 aromatic carbocycles. The predicted molar refractivity (Wildman–Crippen MR) is 81.8 cm³/mol. The predicted octanol–water partition coefficient (Wildman–Crippen LogP) is 2.55. The summed E-state index contributed by atoms with van der Waals surface area (Å²) in [6.45, 7) is 0.253. The molecule has 2 amide bonds. The molecule has 0 spiro atoms. The number of carbonyl (C=O) groups is 1. The molecule has 2 heterocycles. The second-order valence-corrected chi connectivity index (χ2v) is 6.87. The number of pyridine rings is 1. The fourth-order valence-electron chi connectivity index (χ4n) is 3.79. The molecule has 2 aromatic rings. The zero-order valence-electron chi connectivity index (χ0n) is 13.2. The molecule has 5 rings (SSSR count). The van der Waals surface area contributed by atoms with Crippen LogP contribution in [0.15, 0.2) is 36.8 Å². The summed E-state index contributed by atoms with van der Waals surface area (Å²) in [5.41, 5.74) is -1.43. The van der Waals surface area contributed by atoms with E-state index in [4.69, 9.17) is 0 Å². The molecule has 9 heteroatoms. The molecule has 2 N–H and O–H groups in total. The molecule has 0 unspecified atom stereocenters. The molecule has 2 bridgehead atoms. The first-order valence-electron chi connectivity index (χ1n) is 7.89. The first kappa shape index (κ1) is 15.9. The maximum atomic E-state index is 12.8. The van der Waals surface area contributed by atoms with Crippen LogP contribution in [-0.2, 0) is 6.54 Å². The first-order valence-corrected chi connectivity index (χ1v) is 7.89. The summed E-state index contributed by atoms with van der Waals surface area (Å²) in [6.07, 6.45) is 0.775. The average Bonchev–Trinajstić information content (AvgIpc) is 3.00. The number of carbonyl (C=O) groups excluding carboxylic acids is 1. The molecule has 6 nitrogen and oxygen atoms in total. The Morgan fingerprint density at radius 1 is 1.28 bits per heavy atom. The van der Waals surface area contributed by atoms with Crippen molar-refractivity contribution < 1.29 is 18.0 Å². The van der Waals surface area contributed by atoms with Crippen molar-refractivity contribution in [3.05, 3.63) is 42.4 Å². The van der Waals surface area contributed by atoms with Gasteiger partial charge in [-0.3, -0.25) is 0 Å². The number of alkyl halides is 3. The van der Waals surface area contributed by atoms with Gasteiger partial charge in [-0.05, 0) is 43.0 Å². The molecule has 3 fully saturated rings. The van der Waals surface area contributed by atoms with Crippen LogP contribution >= 0.6 is 0 Å². The number of halogens is 3. The van der Waals surface area contributed by atoms with Crippen molar-refractivity contribution in [1.82, 2.24) is 25.4 Å². The monoisotopic (exact) mass is 351 g/mol. The lowest BCUT2D eigenvalue weighted by Crippen LogP contribution is -2.79. The van der Waals surface area contributed by atoms with E-state index in [9.17, 15) is 18.0 Å². The van der Waals surface area contributed by atoms with Gasteiger partial charge in [0.25, 0.3) is 0 Å². The fraction of sp³-hybridized carbons (Fsp3) is 0.438. The first-order chi connectivity index (χ1) is 11.8. The summed E-state index contributed by atoms with van der Waals surface area (Å²) in [7, 11) is 0. The number of hydrogen-bond acceptors (Lipinski definition) is 3. The summed E-state index contributed by atoms with van der Waals surface area (Å²) in [5, 5.41) is 9.45. The third-order valence-electron chi connectivity index (χ3n) is 5.01. The molecule has 3 aliphatic rings. The van der Waals surface area contributed by atoms with E-state index in [1.54, 1.807) is 41.5 Å². The van der Waals surface area contributed by atoms with Crippen molar-refractivity contribution in [3.63, 3.8) is 0 Å². The van der Waals surface area contributed by atoms with Gasteiger partial charge in [0.05, 0.1) is 5.41 Å². The Bertz CT molecular complexity index is 783. The Hall–Kier alpha value is -2.58. The standard InChI is InChI=1S/C16H16F3N5O/c17-16(18,19)14-8-15(9-14,10-14)23-13(25)21-7-11-2-4-20-12(6-11)24-5-1-3-22-24/h1-6H,7-10H2,(H2,21,23,25). The highest BCUT2D eigenvalue weighted by Gasteiger charge is 2.79. The summed E-state index contributed by atoms with van der Waals surface area (Å²) in [6, 6.07) is 4.87. The maximum absolute atomic E-state index is 12.8. The lowest BCUT2D eigenvalue weighted by molar-refractivity contribution is -0.336. The van der Waals surface area contributed by atoms with Gasteiger partial charge in [-0.2, -0.15) is 18.3 Å². The third-order valence-corrected chi connectivity index (χ3v) is 5.01.